The first-order chi connectivity index (χ1) is 10.5. The Kier molecular flexibility index (Phi) is 4.43. The van der Waals surface area contributed by atoms with Crippen molar-refractivity contribution < 1.29 is 8.42 Å². The van der Waals surface area contributed by atoms with Crippen molar-refractivity contribution in [1.82, 2.24) is 3.97 Å². The van der Waals surface area contributed by atoms with Gasteiger partial charge in [0.2, 0.25) is 10.0 Å². The summed E-state index contributed by atoms with van der Waals surface area (Å²) >= 11 is 6.91. The van der Waals surface area contributed by atoms with Crippen molar-refractivity contribution in [3.05, 3.63) is 70.3 Å². The molecule has 6 heteroatoms. The van der Waals surface area contributed by atoms with Gasteiger partial charge in [-0.15, -0.1) is 0 Å². The highest BCUT2D eigenvalue weighted by Gasteiger charge is 2.19. The predicted octanol–water partition coefficient (Wildman–Crippen LogP) is 4.68. The van der Waals surface area contributed by atoms with Gasteiger partial charge in [0, 0.05) is 21.4 Å². The standard InChI is InChI=1S/C16H13Br2NO2S/c17-10-13-6-7-15(18)16-14(13)8-9-19(16)22(20,21)11-12-4-2-1-3-5-12/h1-9H,10-11H2. The minimum atomic E-state index is -3.47. The first kappa shape index (κ1) is 15.8. The Hall–Kier alpha value is -1.11. The number of rotatable bonds is 4. The summed E-state index contributed by atoms with van der Waals surface area (Å²) in [6.45, 7) is 0. The Morgan fingerprint density at radius 3 is 2.41 bits per heavy atom. The zero-order valence-corrected chi connectivity index (χ0v) is 15.5. The fraction of sp³-hybridized carbons (Fsp3) is 0.125. The molecule has 2 aromatic carbocycles. The Morgan fingerprint density at radius 1 is 1.00 bits per heavy atom. The van der Waals surface area contributed by atoms with Crippen LogP contribution in [0, 0.1) is 0 Å². The van der Waals surface area contributed by atoms with E-state index in [1.54, 1.807) is 6.20 Å². The molecular weight excluding hydrogens is 430 g/mol. The normalized spacial score (nSPS) is 11.9. The molecule has 0 aliphatic heterocycles. The lowest BCUT2D eigenvalue weighted by Gasteiger charge is -2.10. The summed E-state index contributed by atoms with van der Waals surface area (Å²) in [6, 6.07) is 14.9. The topological polar surface area (TPSA) is 39.1 Å². The van der Waals surface area contributed by atoms with Crippen LogP contribution >= 0.6 is 31.9 Å². The quantitative estimate of drug-likeness (QED) is 0.550. The van der Waals surface area contributed by atoms with Crippen LogP contribution in [0.5, 0.6) is 0 Å². The molecule has 0 amide bonds. The SMILES string of the molecule is O=S(=O)(Cc1ccccc1)n1ccc2c(CBr)ccc(Br)c21. The number of alkyl halides is 1. The molecule has 0 atom stereocenters. The van der Waals surface area contributed by atoms with Crippen LogP contribution in [0.25, 0.3) is 10.9 Å². The van der Waals surface area contributed by atoms with Crippen molar-refractivity contribution in [2.24, 2.45) is 0 Å². The van der Waals surface area contributed by atoms with Gasteiger partial charge in [0.15, 0.2) is 0 Å². The third-order valence-electron chi connectivity index (χ3n) is 3.49. The molecule has 0 aliphatic carbocycles. The Bertz CT molecular complexity index is 918. The minimum Gasteiger partial charge on any atom is -0.244 e. The van der Waals surface area contributed by atoms with Crippen molar-refractivity contribution in [3.63, 3.8) is 0 Å². The first-order valence-corrected chi connectivity index (χ1v) is 10.2. The minimum absolute atomic E-state index is 0.0252. The fourth-order valence-electron chi connectivity index (χ4n) is 2.45. The van der Waals surface area contributed by atoms with Gasteiger partial charge in [0.1, 0.15) is 0 Å². The highest BCUT2D eigenvalue weighted by molar-refractivity contribution is 9.10. The highest BCUT2D eigenvalue weighted by atomic mass is 79.9. The Balaban J connectivity index is 2.14. The summed E-state index contributed by atoms with van der Waals surface area (Å²) in [5.74, 6) is -0.0252. The smallest absolute Gasteiger partial charge is 0.243 e. The summed E-state index contributed by atoms with van der Waals surface area (Å²) in [5.41, 5.74) is 2.52. The summed E-state index contributed by atoms with van der Waals surface area (Å²) in [7, 11) is -3.47. The van der Waals surface area contributed by atoms with E-state index in [-0.39, 0.29) is 5.75 Å². The molecule has 0 bridgehead atoms. The molecule has 3 aromatic rings. The van der Waals surface area contributed by atoms with Crippen molar-refractivity contribution in [2.45, 2.75) is 11.1 Å². The molecule has 0 spiro atoms. The van der Waals surface area contributed by atoms with Crippen LogP contribution in [0.3, 0.4) is 0 Å². The van der Waals surface area contributed by atoms with Crippen LogP contribution in [-0.2, 0) is 21.1 Å². The van der Waals surface area contributed by atoms with Crippen molar-refractivity contribution in [1.29, 1.82) is 0 Å². The molecule has 0 saturated heterocycles. The second-order valence-electron chi connectivity index (χ2n) is 4.96. The lowest BCUT2D eigenvalue weighted by atomic mass is 10.1. The summed E-state index contributed by atoms with van der Waals surface area (Å²) < 4.78 is 27.7. The maximum atomic E-state index is 12.8. The molecule has 0 fully saturated rings. The van der Waals surface area contributed by atoms with Crippen molar-refractivity contribution in [3.8, 4) is 0 Å². The van der Waals surface area contributed by atoms with Crippen LogP contribution < -0.4 is 0 Å². The first-order valence-electron chi connectivity index (χ1n) is 6.64. The molecule has 22 heavy (non-hydrogen) atoms. The van der Waals surface area contributed by atoms with Gasteiger partial charge >= 0.3 is 0 Å². The maximum absolute atomic E-state index is 12.8. The third-order valence-corrected chi connectivity index (χ3v) is 6.34. The van der Waals surface area contributed by atoms with E-state index in [9.17, 15) is 8.42 Å². The number of hydrogen-bond acceptors (Lipinski definition) is 2. The number of halogens is 2. The monoisotopic (exact) mass is 441 g/mol. The van der Waals surface area contributed by atoms with Crippen molar-refractivity contribution in [2.75, 3.05) is 0 Å². The predicted molar refractivity (Wildman–Crippen MR) is 96.7 cm³/mol. The molecule has 3 nitrogen and oxygen atoms in total. The third kappa shape index (κ3) is 2.87. The van der Waals surface area contributed by atoms with E-state index in [1.807, 2.05) is 48.5 Å². The van der Waals surface area contributed by atoms with Gasteiger partial charge in [-0.25, -0.2) is 12.4 Å². The Morgan fingerprint density at radius 2 is 1.73 bits per heavy atom. The largest absolute Gasteiger partial charge is 0.244 e. The van der Waals surface area contributed by atoms with Crippen LogP contribution in [0.2, 0.25) is 0 Å². The van der Waals surface area contributed by atoms with Gasteiger partial charge in [0.05, 0.1) is 11.3 Å². The second-order valence-corrected chi connectivity index (χ2v) is 8.22. The van der Waals surface area contributed by atoms with E-state index in [0.29, 0.717) is 10.8 Å². The lowest BCUT2D eigenvalue weighted by molar-refractivity contribution is 0.588. The number of nitrogens with zero attached hydrogens (tertiary/aromatic N) is 1. The number of fused-ring (bicyclic) bond motifs is 1. The molecule has 0 N–H and O–H groups in total. The van der Waals surface area contributed by atoms with E-state index < -0.39 is 10.0 Å². The average molecular weight is 443 g/mol. The van der Waals surface area contributed by atoms with Gasteiger partial charge in [-0.1, -0.05) is 52.3 Å². The zero-order chi connectivity index (χ0) is 15.7. The van der Waals surface area contributed by atoms with E-state index in [0.717, 1.165) is 21.0 Å². The summed E-state index contributed by atoms with van der Waals surface area (Å²) in [4.78, 5) is 0. The molecule has 0 unspecified atom stereocenters. The van der Waals surface area contributed by atoms with E-state index in [1.165, 1.54) is 3.97 Å². The molecular formula is C16H13Br2NO2S. The summed E-state index contributed by atoms with van der Waals surface area (Å²) in [5, 5.41) is 1.61. The number of benzene rings is 2. The summed E-state index contributed by atoms with van der Waals surface area (Å²) in [6.07, 6.45) is 1.62. The fourth-order valence-corrected chi connectivity index (χ4v) is 5.07. The molecule has 1 heterocycles. The molecule has 0 radical (unpaired) electrons. The maximum Gasteiger partial charge on any atom is 0.243 e. The van der Waals surface area contributed by atoms with Gasteiger partial charge in [0.25, 0.3) is 0 Å². The Labute approximate surface area is 146 Å². The molecule has 1 aromatic heterocycles. The lowest BCUT2D eigenvalue weighted by Crippen LogP contribution is -2.14. The molecule has 0 aliphatic rings. The van der Waals surface area contributed by atoms with E-state index >= 15 is 0 Å². The van der Waals surface area contributed by atoms with Crippen LogP contribution in [0.1, 0.15) is 11.1 Å². The van der Waals surface area contributed by atoms with Gasteiger partial charge in [-0.2, -0.15) is 0 Å². The van der Waals surface area contributed by atoms with Gasteiger partial charge in [-0.3, -0.25) is 0 Å². The van der Waals surface area contributed by atoms with Gasteiger partial charge in [-0.05, 0) is 39.2 Å². The van der Waals surface area contributed by atoms with Gasteiger partial charge < -0.3 is 0 Å². The molecule has 114 valence electrons. The zero-order valence-electron chi connectivity index (χ0n) is 11.5. The molecule has 3 rings (SSSR count). The number of aromatic nitrogens is 1. The second kappa shape index (κ2) is 6.18. The highest BCUT2D eigenvalue weighted by Crippen LogP contribution is 2.31. The van der Waals surface area contributed by atoms with E-state index in [2.05, 4.69) is 31.9 Å². The average Bonchev–Trinajstić information content (AvgIpc) is 2.95. The molecule has 0 saturated carbocycles. The van der Waals surface area contributed by atoms with Crippen LogP contribution in [0.15, 0.2) is 59.2 Å². The van der Waals surface area contributed by atoms with Crippen molar-refractivity contribution >= 4 is 52.8 Å². The number of hydrogen-bond donors (Lipinski definition) is 0. The van der Waals surface area contributed by atoms with Crippen LogP contribution in [0.4, 0.5) is 0 Å². The van der Waals surface area contributed by atoms with Crippen LogP contribution in [-0.4, -0.2) is 12.4 Å². The van der Waals surface area contributed by atoms with E-state index in [4.69, 9.17) is 0 Å².